The summed E-state index contributed by atoms with van der Waals surface area (Å²) < 4.78 is 44.4. The summed E-state index contributed by atoms with van der Waals surface area (Å²) in [4.78, 5) is 16.7. The molecule has 0 saturated carbocycles. The van der Waals surface area contributed by atoms with Crippen LogP contribution in [0.25, 0.3) is 0 Å². The molecule has 2 aromatic rings. The Balaban J connectivity index is 1.70. The number of nitrogens with one attached hydrogen (secondary N) is 1. The van der Waals surface area contributed by atoms with Crippen molar-refractivity contribution in [1.82, 2.24) is 10.3 Å². The second-order valence-electron chi connectivity index (χ2n) is 5.99. The number of anilines is 1. The van der Waals surface area contributed by atoms with Crippen LogP contribution in [-0.4, -0.2) is 24.1 Å². The van der Waals surface area contributed by atoms with E-state index >= 15 is 0 Å². The first kappa shape index (κ1) is 18.7. The van der Waals surface area contributed by atoms with Gasteiger partial charge in [-0.05, 0) is 24.5 Å². The first-order chi connectivity index (χ1) is 12.4. The average molecular weight is 385 g/mol. The molecule has 1 aromatic heterocycles. The summed E-state index contributed by atoms with van der Waals surface area (Å²) in [7, 11) is 0. The number of nitrogens with two attached hydrogens (primary N) is 1. The van der Waals surface area contributed by atoms with Crippen LogP contribution in [0, 0.1) is 0 Å². The van der Waals surface area contributed by atoms with E-state index in [9.17, 15) is 18.0 Å². The molecule has 3 N–H and O–H groups in total. The number of carbonyl (C=O) groups excluding carboxylic acids is 1. The maximum absolute atomic E-state index is 13.0. The zero-order valence-electron chi connectivity index (χ0n) is 13.8. The Morgan fingerprint density at radius 3 is 2.69 bits per heavy atom. The molecule has 1 aliphatic rings. The first-order valence-electron chi connectivity index (χ1n) is 8.13. The molecule has 9 heteroatoms. The lowest BCUT2D eigenvalue weighted by Gasteiger charge is -2.19. The van der Waals surface area contributed by atoms with Gasteiger partial charge in [0.1, 0.15) is 5.00 Å². The number of hydrogen-bond acceptors (Lipinski definition) is 5. The molecular weight excluding hydrogens is 367 g/mol. The second-order valence-corrected chi connectivity index (χ2v) is 7.05. The van der Waals surface area contributed by atoms with E-state index in [-0.39, 0.29) is 28.7 Å². The second kappa shape index (κ2) is 7.63. The van der Waals surface area contributed by atoms with E-state index in [1.807, 2.05) is 0 Å². The molecule has 0 radical (unpaired) electrons. The van der Waals surface area contributed by atoms with Crippen molar-refractivity contribution in [1.29, 1.82) is 0 Å². The Morgan fingerprint density at radius 1 is 1.31 bits per heavy atom. The van der Waals surface area contributed by atoms with Gasteiger partial charge in [0.05, 0.1) is 10.6 Å². The van der Waals surface area contributed by atoms with Gasteiger partial charge in [-0.3, -0.25) is 4.79 Å². The summed E-state index contributed by atoms with van der Waals surface area (Å²) in [6.45, 7) is 1.03. The third-order valence-electron chi connectivity index (χ3n) is 4.22. The van der Waals surface area contributed by atoms with Gasteiger partial charge in [-0.2, -0.15) is 13.2 Å². The minimum Gasteiger partial charge on any atom is -0.389 e. The molecule has 140 valence electrons. The number of halogens is 3. The average Bonchev–Trinajstić information content (AvgIpc) is 3.02. The molecule has 3 rings (SSSR count). The van der Waals surface area contributed by atoms with Crippen LogP contribution in [0.5, 0.6) is 0 Å². The maximum atomic E-state index is 13.0. The van der Waals surface area contributed by atoms with Crippen LogP contribution in [0.2, 0.25) is 0 Å². The fourth-order valence-corrected chi connectivity index (χ4v) is 3.84. The van der Waals surface area contributed by atoms with E-state index in [0.29, 0.717) is 13.2 Å². The van der Waals surface area contributed by atoms with Crippen LogP contribution >= 0.6 is 11.3 Å². The fourth-order valence-electron chi connectivity index (χ4n) is 2.84. The van der Waals surface area contributed by atoms with Crippen LogP contribution in [0.3, 0.4) is 0 Å². The van der Waals surface area contributed by atoms with E-state index in [1.54, 1.807) is 0 Å². The van der Waals surface area contributed by atoms with Gasteiger partial charge in [0.25, 0.3) is 5.91 Å². The van der Waals surface area contributed by atoms with Gasteiger partial charge in [0.15, 0.2) is 5.69 Å². The number of amides is 1. The smallest absolute Gasteiger partial charge is 0.389 e. The highest BCUT2D eigenvalue weighted by Crippen LogP contribution is 2.34. The topological polar surface area (TPSA) is 77.2 Å². The molecule has 26 heavy (non-hydrogen) atoms. The molecule has 1 aromatic carbocycles. The number of benzene rings is 1. The zero-order chi connectivity index (χ0) is 18.7. The van der Waals surface area contributed by atoms with Gasteiger partial charge in [-0.15, -0.1) is 11.3 Å². The molecule has 1 saturated heterocycles. The van der Waals surface area contributed by atoms with Crippen LogP contribution in [0.4, 0.5) is 18.2 Å². The van der Waals surface area contributed by atoms with Crippen molar-refractivity contribution >= 4 is 22.2 Å². The number of alkyl halides is 3. The third-order valence-corrected chi connectivity index (χ3v) is 5.26. The molecule has 0 atom stereocenters. The number of rotatable bonds is 4. The molecular formula is C17H18F3N3O2S. The van der Waals surface area contributed by atoms with Crippen molar-refractivity contribution in [2.45, 2.75) is 31.5 Å². The van der Waals surface area contributed by atoms with E-state index < -0.39 is 17.6 Å². The van der Waals surface area contributed by atoms with Gasteiger partial charge in [0, 0.05) is 25.7 Å². The predicted octanol–water partition coefficient (Wildman–Crippen LogP) is 3.57. The molecule has 1 aliphatic heterocycles. The molecule has 0 spiro atoms. The number of nitrogens with zero attached hydrogens (tertiary/aromatic N) is 1. The van der Waals surface area contributed by atoms with Crippen molar-refractivity contribution in [2.24, 2.45) is 0 Å². The third kappa shape index (κ3) is 4.16. The summed E-state index contributed by atoms with van der Waals surface area (Å²) in [5, 5.41) is 3.53. The molecule has 1 amide bonds. The number of ether oxygens (including phenoxy) is 1. The number of nitrogen functional groups attached to an aromatic ring is 1. The van der Waals surface area contributed by atoms with Gasteiger partial charge in [-0.25, -0.2) is 4.98 Å². The van der Waals surface area contributed by atoms with Gasteiger partial charge in [-0.1, -0.05) is 18.2 Å². The highest BCUT2D eigenvalue weighted by Gasteiger charge is 2.33. The Morgan fingerprint density at radius 2 is 2.00 bits per heavy atom. The Kier molecular flexibility index (Phi) is 5.47. The van der Waals surface area contributed by atoms with Crippen LogP contribution < -0.4 is 11.1 Å². The number of hydrogen-bond donors (Lipinski definition) is 2. The van der Waals surface area contributed by atoms with Crippen LogP contribution in [-0.2, 0) is 17.5 Å². The number of thiazole rings is 1. The van der Waals surface area contributed by atoms with Gasteiger partial charge in [0.2, 0.25) is 0 Å². The predicted molar refractivity (Wildman–Crippen MR) is 91.9 cm³/mol. The normalized spacial score (nSPS) is 15.8. The maximum Gasteiger partial charge on any atom is 0.416 e. The minimum absolute atomic E-state index is 0.00759. The molecule has 1 fully saturated rings. The minimum atomic E-state index is -4.47. The monoisotopic (exact) mass is 385 g/mol. The van der Waals surface area contributed by atoms with Gasteiger partial charge >= 0.3 is 6.18 Å². The highest BCUT2D eigenvalue weighted by atomic mass is 32.1. The Hall–Kier alpha value is -2.13. The summed E-state index contributed by atoms with van der Waals surface area (Å²) in [5.41, 5.74) is 5.19. The molecule has 0 aliphatic carbocycles. The molecule has 0 unspecified atom stereocenters. The van der Waals surface area contributed by atoms with Crippen LogP contribution in [0.15, 0.2) is 24.3 Å². The van der Waals surface area contributed by atoms with Crippen molar-refractivity contribution in [3.63, 3.8) is 0 Å². The fraction of sp³-hybridized carbons (Fsp3) is 0.412. The molecule has 2 heterocycles. The summed E-state index contributed by atoms with van der Waals surface area (Å²) in [6, 6.07) is 5.13. The standard InChI is InChI=1S/C17H18F3N3O2S/c18-17(19,20)12-4-2-1-3-11(12)9-22-15(24)13-14(21)26-16(23-13)10-5-7-25-8-6-10/h1-4,10H,5-9,21H2,(H,22,24). The van der Waals surface area contributed by atoms with E-state index in [2.05, 4.69) is 10.3 Å². The number of carbonyl (C=O) groups is 1. The summed E-state index contributed by atoms with van der Waals surface area (Å²) >= 11 is 1.25. The van der Waals surface area contributed by atoms with E-state index in [0.717, 1.165) is 23.9 Å². The molecule has 5 nitrogen and oxygen atoms in total. The van der Waals surface area contributed by atoms with Crippen LogP contribution in [0.1, 0.15) is 45.4 Å². The first-order valence-corrected chi connectivity index (χ1v) is 8.95. The highest BCUT2D eigenvalue weighted by molar-refractivity contribution is 7.16. The molecule has 0 bridgehead atoms. The van der Waals surface area contributed by atoms with Crippen molar-refractivity contribution in [3.8, 4) is 0 Å². The Labute approximate surface area is 152 Å². The SMILES string of the molecule is Nc1sc(C2CCOCC2)nc1C(=O)NCc1ccccc1C(F)(F)F. The van der Waals surface area contributed by atoms with E-state index in [1.165, 1.54) is 29.5 Å². The summed E-state index contributed by atoms with van der Waals surface area (Å²) in [6.07, 6.45) is -2.85. The van der Waals surface area contributed by atoms with Crippen molar-refractivity contribution in [3.05, 3.63) is 46.1 Å². The largest absolute Gasteiger partial charge is 0.416 e. The lowest BCUT2D eigenvalue weighted by Crippen LogP contribution is -2.25. The summed E-state index contributed by atoms with van der Waals surface area (Å²) in [5.74, 6) is -0.377. The quantitative estimate of drug-likeness (QED) is 0.844. The van der Waals surface area contributed by atoms with E-state index in [4.69, 9.17) is 10.5 Å². The van der Waals surface area contributed by atoms with Crippen molar-refractivity contribution in [2.75, 3.05) is 18.9 Å². The van der Waals surface area contributed by atoms with Gasteiger partial charge < -0.3 is 15.8 Å². The van der Waals surface area contributed by atoms with Crippen molar-refractivity contribution < 1.29 is 22.7 Å². The lowest BCUT2D eigenvalue weighted by molar-refractivity contribution is -0.138. The number of aromatic nitrogens is 1. The lowest BCUT2D eigenvalue weighted by atomic mass is 10.0. The Bertz CT molecular complexity index is 786. The zero-order valence-corrected chi connectivity index (χ0v) is 14.6.